The maximum absolute atomic E-state index is 13.8. The van der Waals surface area contributed by atoms with E-state index in [0.717, 1.165) is 6.07 Å². The average Bonchev–Trinajstić information content (AvgIpc) is 2.71. The van der Waals surface area contributed by atoms with Gasteiger partial charge in [-0.2, -0.15) is 4.31 Å². The molecule has 110 valence electrons. The zero-order valence-electron chi connectivity index (χ0n) is 10.4. The monoisotopic (exact) mass is 303 g/mol. The number of rotatable bonds is 3. The van der Waals surface area contributed by atoms with Crippen LogP contribution in [-0.4, -0.2) is 42.4 Å². The molecule has 1 saturated heterocycles. The van der Waals surface area contributed by atoms with Gasteiger partial charge in [-0.15, -0.1) is 0 Å². The lowest BCUT2D eigenvalue weighted by Gasteiger charge is -2.22. The number of aliphatic hydroxyl groups excluding tert-OH is 1. The molecule has 2 atom stereocenters. The smallest absolute Gasteiger partial charge is 0.248 e. The zero-order valence-corrected chi connectivity index (χ0v) is 11.2. The third-order valence-corrected chi connectivity index (χ3v) is 5.09. The second-order valence-corrected chi connectivity index (χ2v) is 6.37. The predicted molar refractivity (Wildman–Crippen MR) is 68.3 cm³/mol. The van der Waals surface area contributed by atoms with Crippen LogP contribution in [0.15, 0.2) is 23.1 Å². The summed E-state index contributed by atoms with van der Waals surface area (Å²) in [6.07, 6.45) is -1.15. The molecular formula is C11H14FN3O4S. The summed E-state index contributed by atoms with van der Waals surface area (Å²) in [5, 5.41) is 9.53. The molecule has 20 heavy (non-hydrogen) atoms. The molecule has 2 rings (SSSR count). The van der Waals surface area contributed by atoms with Crippen LogP contribution in [0.3, 0.4) is 0 Å². The molecule has 0 aromatic heterocycles. The van der Waals surface area contributed by atoms with Crippen molar-refractivity contribution in [1.82, 2.24) is 4.31 Å². The second kappa shape index (κ2) is 5.00. The number of benzene rings is 1. The lowest BCUT2D eigenvalue weighted by atomic mass is 10.2. The molecule has 0 bridgehead atoms. The molecule has 2 unspecified atom stereocenters. The zero-order chi connectivity index (χ0) is 15.1. The molecule has 1 amide bonds. The molecule has 1 fully saturated rings. The lowest BCUT2D eigenvalue weighted by Crippen LogP contribution is -2.44. The first-order chi connectivity index (χ1) is 9.25. The molecule has 0 spiro atoms. The van der Waals surface area contributed by atoms with Gasteiger partial charge >= 0.3 is 0 Å². The largest absolute Gasteiger partial charge is 0.398 e. The van der Waals surface area contributed by atoms with Crippen molar-refractivity contribution >= 4 is 21.6 Å². The number of hydrogen-bond acceptors (Lipinski definition) is 5. The van der Waals surface area contributed by atoms with Gasteiger partial charge in [0.1, 0.15) is 16.8 Å². The Balaban J connectivity index is 2.52. The van der Waals surface area contributed by atoms with Crippen LogP contribution in [0.4, 0.5) is 10.1 Å². The van der Waals surface area contributed by atoms with Crippen molar-refractivity contribution in [2.24, 2.45) is 5.73 Å². The molecule has 0 aliphatic carbocycles. The van der Waals surface area contributed by atoms with Crippen molar-refractivity contribution < 1.29 is 22.7 Å². The number of aliphatic hydroxyl groups is 1. The van der Waals surface area contributed by atoms with Gasteiger partial charge in [-0.05, 0) is 12.1 Å². The van der Waals surface area contributed by atoms with E-state index in [1.165, 1.54) is 12.1 Å². The van der Waals surface area contributed by atoms with E-state index in [1.54, 1.807) is 0 Å². The van der Waals surface area contributed by atoms with Gasteiger partial charge < -0.3 is 16.6 Å². The highest BCUT2D eigenvalue weighted by atomic mass is 32.2. The van der Waals surface area contributed by atoms with Crippen molar-refractivity contribution in [3.8, 4) is 0 Å². The number of amides is 1. The molecule has 5 N–H and O–H groups in total. The predicted octanol–water partition coefficient (Wildman–Crippen LogP) is -0.983. The fourth-order valence-electron chi connectivity index (χ4n) is 2.22. The van der Waals surface area contributed by atoms with Crippen molar-refractivity contribution in [1.29, 1.82) is 0 Å². The van der Waals surface area contributed by atoms with Crippen molar-refractivity contribution in [2.75, 3.05) is 12.3 Å². The first-order valence-corrected chi connectivity index (χ1v) is 7.22. The van der Waals surface area contributed by atoms with Crippen molar-refractivity contribution in [3.63, 3.8) is 0 Å². The highest BCUT2D eigenvalue weighted by Crippen LogP contribution is 2.30. The number of β-amino-alcohol motifs (C(OH)–C–C–N with tert-alkyl or cyclic N) is 1. The van der Waals surface area contributed by atoms with E-state index in [4.69, 9.17) is 11.5 Å². The molecule has 1 heterocycles. The maximum Gasteiger partial charge on any atom is 0.248 e. The number of nitrogens with zero attached hydrogens (tertiary/aromatic N) is 1. The second-order valence-electron chi connectivity index (χ2n) is 4.54. The first kappa shape index (κ1) is 14.7. The van der Waals surface area contributed by atoms with E-state index in [-0.39, 0.29) is 18.7 Å². The highest BCUT2D eigenvalue weighted by molar-refractivity contribution is 7.89. The summed E-state index contributed by atoms with van der Waals surface area (Å²) >= 11 is 0. The minimum atomic E-state index is -4.35. The Kier molecular flexibility index (Phi) is 3.67. The van der Waals surface area contributed by atoms with Crippen LogP contribution in [-0.2, 0) is 14.8 Å². The topological polar surface area (TPSA) is 127 Å². The first-order valence-electron chi connectivity index (χ1n) is 5.78. The van der Waals surface area contributed by atoms with Gasteiger partial charge in [-0.25, -0.2) is 12.8 Å². The third kappa shape index (κ3) is 2.35. The summed E-state index contributed by atoms with van der Waals surface area (Å²) in [7, 11) is -4.35. The lowest BCUT2D eigenvalue weighted by molar-refractivity contribution is -0.121. The van der Waals surface area contributed by atoms with Gasteiger partial charge in [0.2, 0.25) is 15.9 Å². The summed E-state index contributed by atoms with van der Waals surface area (Å²) in [4.78, 5) is 10.6. The number of nitrogen functional groups attached to an aromatic ring is 1. The van der Waals surface area contributed by atoms with E-state index >= 15 is 0 Å². The van der Waals surface area contributed by atoms with Crippen LogP contribution in [0.25, 0.3) is 0 Å². The quantitative estimate of drug-likeness (QED) is 0.618. The van der Waals surface area contributed by atoms with Crippen molar-refractivity contribution in [3.05, 3.63) is 24.0 Å². The van der Waals surface area contributed by atoms with Crippen molar-refractivity contribution in [2.45, 2.75) is 23.5 Å². The van der Waals surface area contributed by atoms with Crippen LogP contribution >= 0.6 is 0 Å². The standard InChI is InChI=1S/C11H14FN3O4S/c12-7-2-1-3-8(13)10(7)20(18,19)15-5-6(16)4-9(15)11(14)17/h1-3,6,9,16H,4-5,13H2,(H2,14,17). The van der Waals surface area contributed by atoms with Gasteiger partial charge in [0.05, 0.1) is 11.8 Å². The van der Waals surface area contributed by atoms with E-state index in [1.807, 2.05) is 0 Å². The summed E-state index contributed by atoms with van der Waals surface area (Å²) in [5.41, 5.74) is 10.4. The van der Waals surface area contributed by atoms with Gasteiger partial charge in [0, 0.05) is 13.0 Å². The van der Waals surface area contributed by atoms with Gasteiger partial charge in [0.15, 0.2) is 0 Å². The van der Waals surface area contributed by atoms with Gasteiger partial charge in [-0.1, -0.05) is 6.07 Å². The Morgan fingerprint density at radius 2 is 2.10 bits per heavy atom. The van der Waals surface area contributed by atoms with Crippen LogP contribution in [0.5, 0.6) is 0 Å². The van der Waals surface area contributed by atoms with Crippen LogP contribution in [0, 0.1) is 5.82 Å². The fraction of sp³-hybridized carbons (Fsp3) is 0.364. The Labute approximate surface area is 115 Å². The number of hydrogen-bond donors (Lipinski definition) is 3. The Morgan fingerprint density at radius 3 is 2.65 bits per heavy atom. The van der Waals surface area contributed by atoms with Gasteiger partial charge in [-0.3, -0.25) is 4.79 Å². The van der Waals surface area contributed by atoms with Gasteiger partial charge in [0.25, 0.3) is 0 Å². The summed E-state index contributed by atoms with van der Waals surface area (Å²) in [6, 6.07) is 2.25. The Morgan fingerprint density at radius 1 is 1.45 bits per heavy atom. The Bertz CT molecular complexity index is 629. The minimum Gasteiger partial charge on any atom is -0.398 e. The van der Waals surface area contributed by atoms with Crippen LogP contribution in [0.1, 0.15) is 6.42 Å². The van der Waals surface area contributed by atoms with Crippen LogP contribution in [0.2, 0.25) is 0 Å². The summed E-state index contributed by atoms with van der Waals surface area (Å²) < 4.78 is 39.3. The molecule has 9 heteroatoms. The number of halogens is 1. The number of carbonyl (C=O) groups is 1. The molecule has 1 aromatic rings. The molecule has 1 aromatic carbocycles. The van der Waals surface area contributed by atoms with Crippen LogP contribution < -0.4 is 11.5 Å². The number of nitrogens with two attached hydrogens (primary N) is 2. The highest BCUT2D eigenvalue weighted by Gasteiger charge is 2.44. The van der Waals surface area contributed by atoms with E-state index in [2.05, 4.69) is 0 Å². The summed E-state index contributed by atoms with van der Waals surface area (Å²) in [5.74, 6) is -1.92. The number of anilines is 1. The molecule has 0 radical (unpaired) electrons. The molecule has 1 aliphatic rings. The maximum atomic E-state index is 13.8. The van der Waals surface area contributed by atoms with E-state index in [9.17, 15) is 22.7 Å². The average molecular weight is 303 g/mol. The SMILES string of the molecule is NC(=O)C1CC(O)CN1S(=O)(=O)c1c(N)cccc1F. The number of carbonyl (C=O) groups excluding carboxylic acids is 1. The molecule has 1 aliphatic heterocycles. The summed E-state index contributed by atoms with van der Waals surface area (Å²) in [6.45, 7) is -0.330. The van der Waals surface area contributed by atoms with E-state index < -0.39 is 38.8 Å². The number of primary amides is 1. The molecule has 7 nitrogen and oxygen atoms in total. The van der Waals surface area contributed by atoms with E-state index in [0.29, 0.717) is 4.31 Å². The Hall–Kier alpha value is -1.71. The molecular weight excluding hydrogens is 289 g/mol. The molecule has 0 saturated carbocycles. The normalized spacial score (nSPS) is 23.9. The number of sulfonamides is 1. The third-order valence-electron chi connectivity index (χ3n) is 3.13. The minimum absolute atomic E-state index is 0.122. The fourth-order valence-corrected chi connectivity index (χ4v) is 4.03.